The SMILES string of the molecule is [2H]C([2H])(C1CCC(C)(F)CC1)n1cc(-c2ccc(C(=O)O)cc2)c2ncc(C(C(C)=O)=C(C)N)nc21. The van der Waals surface area contributed by atoms with Gasteiger partial charge in [0.05, 0.1) is 25.8 Å². The number of rotatable bonds is 6. The van der Waals surface area contributed by atoms with Gasteiger partial charge in [0.2, 0.25) is 0 Å². The van der Waals surface area contributed by atoms with Crippen LogP contribution >= 0.6 is 0 Å². The molecule has 8 heteroatoms. The van der Waals surface area contributed by atoms with Gasteiger partial charge >= 0.3 is 5.97 Å². The predicted octanol–water partition coefficient (Wildman–Crippen LogP) is 4.99. The molecule has 0 spiro atoms. The number of carboxylic acid groups (broad SMARTS) is 1. The molecule has 1 aliphatic rings. The van der Waals surface area contributed by atoms with Crippen molar-refractivity contribution in [1.29, 1.82) is 0 Å². The molecule has 4 rings (SSSR count). The average Bonchev–Trinajstić information content (AvgIpc) is 3.18. The highest BCUT2D eigenvalue weighted by molar-refractivity contribution is 6.19. The van der Waals surface area contributed by atoms with E-state index in [1.807, 2.05) is 0 Å². The fraction of sp³-hybridized carbons (Fsp3) is 0.385. The number of benzene rings is 1. The third-order valence-corrected chi connectivity index (χ3v) is 6.29. The molecule has 178 valence electrons. The highest BCUT2D eigenvalue weighted by Crippen LogP contribution is 2.37. The Balaban J connectivity index is 1.91. The maximum Gasteiger partial charge on any atom is 0.335 e. The van der Waals surface area contributed by atoms with E-state index in [1.54, 1.807) is 32.2 Å². The maximum absolute atomic E-state index is 14.5. The van der Waals surface area contributed by atoms with Gasteiger partial charge in [-0.05, 0) is 70.1 Å². The van der Waals surface area contributed by atoms with Crippen molar-refractivity contribution in [2.75, 3.05) is 0 Å². The van der Waals surface area contributed by atoms with E-state index in [4.69, 9.17) is 8.48 Å². The van der Waals surface area contributed by atoms with E-state index in [9.17, 15) is 19.1 Å². The van der Waals surface area contributed by atoms with Crippen LogP contribution in [0.15, 0.2) is 42.4 Å². The molecule has 1 aromatic carbocycles. The third kappa shape index (κ3) is 4.71. The van der Waals surface area contributed by atoms with Gasteiger partial charge in [0, 0.05) is 24.0 Å². The van der Waals surface area contributed by atoms with Crippen molar-refractivity contribution in [2.24, 2.45) is 11.7 Å². The summed E-state index contributed by atoms with van der Waals surface area (Å²) < 4.78 is 34.0. The first-order valence-corrected chi connectivity index (χ1v) is 11.2. The Labute approximate surface area is 200 Å². The van der Waals surface area contributed by atoms with Crippen LogP contribution in [0.4, 0.5) is 4.39 Å². The molecule has 0 saturated heterocycles. The zero-order chi connectivity index (χ0) is 26.4. The quantitative estimate of drug-likeness (QED) is 0.495. The molecule has 1 saturated carbocycles. The Bertz CT molecular complexity index is 1370. The number of carbonyl (C=O) groups is 2. The van der Waals surface area contributed by atoms with Crippen molar-refractivity contribution in [1.82, 2.24) is 14.5 Å². The van der Waals surface area contributed by atoms with E-state index in [-0.39, 0.29) is 46.8 Å². The first-order chi connectivity index (χ1) is 16.8. The molecule has 0 aliphatic heterocycles. The number of nitrogens with two attached hydrogens (primary N) is 1. The second-order valence-electron chi connectivity index (χ2n) is 9.15. The Morgan fingerprint density at radius 2 is 1.91 bits per heavy atom. The van der Waals surface area contributed by atoms with Crippen LogP contribution < -0.4 is 5.73 Å². The largest absolute Gasteiger partial charge is 0.478 e. The number of ketones is 1. The van der Waals surface area contributed by atoms with Gasteiger partial charge in [0.15, 0.2) is 11.4 Å². The zero-order valence-corrected chi connectivity index (χ0v) is 19.4. The minimum absolute atomic E-state index is 0.123. The number of alkyl halides is 1. The maximum atomic E-state index is 14.5. The minimum Gasteiger partial charge on any atom is -0.478 e. The van der Waals surface area contributed by atoms with Gasteiger partial charge in [-0.3, -0.25) is 4.79 Å². The molecule has 2 aromatic heterocycles. The molecular weight excluding hydrogens is 435 g/mol. The van der Waals surface area contributed by atoms with Crippen molar-refractivity contribution >= 4 is 28.5 Å². The van der Waals surface area contributed by atoms with E-state index in [2.05, 4.69) is 9.97 Å². The number of halogens is 1. The lowest BCUT2D eigenvalue weighted by molar-refractivity contribution is -0.111. The van der Waals surface area contributed by atoms with Crippen molar-refractivity contribution < 1.29 is 21.8 Å². The molecular formula is C26H29FN4O3. The van der Waals surface area contributed by atoms with Gasteiger partial charge in [0.25, 0.3) is 0 Å². The van der Waals surface area contributed by atoms with Gasteiger partial charge in [-0.1, -0.05) is 12.1 Å². The van der Waals surface area contributed by atoms with Crippen LogP contribution in [0.25, 0.3) is 27.9 Å². The molecule has 1 fully saturated rings. The molecule has 3 N–H and O–H groups in total. The molecule has 34 heavy (non-hydrogen) atoms. The van der Waals surface area contributed by atoms with Crippen LogP contribution in [0.1, 0.15) is 65.2 Å². The molecule has 0 bridgehead atoms. The molecule has 7 nitrogen and oxygen atoms in total. The smallest absolute Gasteiger partial charge is 0.335 e. The number of Topliss-reactive ketones (excluding diaryl/α,β-unsaturated/α-hetero) is 1. The first kappa shape index (κ1) is 21.0. The van der Waals surface area contributed by atoms with E-state index in [0.717, 1.165) is 0 Å². The third-order valence-electron chi connectivity index (χ3n) is 6.29. The Morgan fingerprint density at radius 1 is 1.26 bits per heavy atom. The number of aromatic nitrogens is 3. The molecule has 0 atom stereocenters. The van der Waals surface area contributed by atoms with Crippen LogP contribution in [0.5, 0.6) is 0 Å². The van der Waals surface area contributed by atoms with Crippen LogP contribution in [-0.4, -0.2) is 37.1 Å². The summed E-state index contributed by atoms with van der Waals surface area (Å²) >= 11 is 0. The summed E-state index contributed by atoms with van der Waals surface area (Å²) in [5, 5.41) is 9.24. The summed E-state index contributed by atoms with van der Waals surface area (Å²) in [4.78, 5) is 32.7. The Kier molecular flexibility index (Phi) is 5.57. The van der Waals surface area contributed by atoms with E-state index < -0.39 is 24.1 Å². The number of allylic oxidation sites excluding steroid dienone is 2. The average molecular weight is 467 g/mol. The van der Waals surface area contributed by atoms with E-state index >= 15 is 0 Å². The van der Waals surface area contributed by atoms with Crippen molar-refractivity contribution in [3.63, 3.8) is 0 Å². The topological polar surface area (TPSA) is 111 Å². The molecule has 0 amide bonds. The summed E-state index contributed by atoms with van der Waals surface area (Å²) in [6.45, 7) is 2.60. The fourth-order valence-electron chi connectivity index (χ4n) is 4.42. The number of carboxylic acids is 1. The lowest BCUT2D eigenvalue weighted by atomic mass is 9.81. The van der Waals surface area contributed by atoms with Crippen LogP contribution in [0, 0.1) is 5.92 Å². The lowest BCUT2D eigenvalue weighted by Gasteiger charge is -2.31. The van der Waals surface area contributed by atoms with Crippen LogP contribution in [0.3, 0.4) is 0 Å². The zero-order valence-electron chi connectivity index (χ0n) is 21.4. The van der Waals surface area contributed by atoms with Gasteiger partial charge in [0.1, 0.15) is 11.2 Å². The van der Waals surface area contributed by atoms with Crippen molar-refractivity contribution in [3.05, 3.63) is 53.6 Å². The molecule has 1 aliphatic carbocycles. The summed E-state index contributed by atoms with van der Waals surface area (Å²) in [5.74, 6) is -1.80. The van der Waals surface area contributed by atoms with Gasteiger partial charge in [-0.2, -0.15) is 0 Å². The highest BCUT2D eigenvalue weighted by atomic mass is 19.1. The van der Waals surface area contributed by atoms with Crippen molar-refractivity contribution in [3.8, 4) is 11.1 Å². The second kappa shape index (κ2) is 9.00. The van der Waals surface area contributed by atoms with Gasteiger partial charge in [-0.15, -0.1) is 0 Å². The summed E-state index contributed by atoms with van der Waals surface area (Å²) in [6.07, 6.45) is 4.31. The number of nitrogens with zero attached hydrogens (tertiary/aromatic N) is 3. The predicted molar refractivity (Wildman–Crippen MR) is 129 cm³/mol. The molecule has 2 heterocycles. The standard InChI is InChI=1S/C26H29FN4O3/c1-15(28)22(16(2)32)21-12-29-23-20(18-4-6-19(7-5-18)25(33)34)14-31(24(23)30-21)13-17-8-10-26(3,27)11-9-17/h4-7,12,14,17H,8-11,13,28H2,1-3H3,(H,33,34)/i13D2. The number of hydrogen-bond donors (Lipinski definition) is 2. The molecule has 0 unspecified atom stereocenters. The minimum atomic E-state index is -1.92. The number of hydrogen-bond acceptors (Lipinski definition) is 5. The van der Waals surface area contributed by atoms with Gasteiger partial charge in [-0.25, -0.2) is 19.2 Å². The fourth-order valence-corrected chi connectivity index (χ4v) is 4.42. The molecule has 0 radical (unpaired) electrons. The Hall–Kier alpha value is -3.55. The second-order valence-corrected chi connectivity index (χ2v) is 9.15. The van der Waals surface area contributed by atoms with Crippen molar-refractivity contribution in [2.45, 2.75) is 58.6 Å². The van der Waals surface area contributed by atoms with Crippen LogP contribution in [0.2, 0.25) is 0 Å². The number of carbonyl (C=O) groups excluding carboxylic acids is 1. The van der Waals surface area contributed by atoms with E-state index in [1.165, 1.54) is 29.8 Å². The van der Waals surface area contributed by atoms with Gasteiger partial charge < -0.3 is 15.4 Å². The summed E-state index contributed by atoms with van der Waals surface area (Å²) in [7, 11) is 0. The normalized spacial score (nSPS) is 22.6. The number of fused-ring (bicyclic) bond motifs is 1. The van der Waals surface area contributed by atoms with E-state index in [0.29, 0.717) is 29.5 Å². The number of aromatic carboxylic acids is 1. The highest BCUT2D eigenvalue weighted by Gasteiger charge is 2.31. The van der Waals surface area contributed by atoms with Crippen LogP contribution in [-0.2, 0) is 11.3 Å². The molecule has 3 aromatic rings. The summed E-state index contributed by atoms with van der Waals surface area (Å²) in [6, 6.07) is 6.20. The summed E-state index contributed by atoms with van der Waals surface area (Å²) in [5.41, 5.74) is 7.29. The lowest BCUT2D eigenvalue weighted by Crippen LogP contribution is -2.27. The monoisotopic (exact) mass is 466 g/mol. The first-order valence-electron chi connectivity index (χ1n) is 12.2. The Morgan fingerprint density at radius 3 is 2.47 bits per heavy atom.